The first-order chi connectivity index (χ1) is 9.24. The van der Waals surface area contributed by atoms with Gasteiger partial charge in [0.05, 0.1) is 6.61 Å². The van der Waals surface area contributed by atoms with Crippen LogP contribution >= 0.6 is 0 Å². The van der Waals surface area contributed by atoms with Gasteiger partial charge in [0.2, 0.25) is 5.88 Å². The number of aromatic hydroxyl groups is 1. The van der Waals surface area contributed by atoms with Gasteiger partial charge in [-0.15, -0.1) is 6.58 Å². The maximum Gasteiger partial charge on any atom is 0.334 e. The average Bonchev–Trinajstić information content (AvgIpc) is 2.97. The number of fused-ring (bicyclic) bond motifs is 1. The smallest absolute Gasteiger partial charge is 0.334 e. The molecule has 98 valence electrons. The fourth-order valence-corrected chi connectivity index (χ4v) is 2.36. The fraction of sp³-hybridized carbons (Fsp3) is 0.214. The lowest BCUT2D eigenvalue weighted by molar-refractivity contribution is 0.0590. The van der Waals surface area contributed by atoms with Gasteiger partial charge in [-0.05, 0) is 0 Å². The van der Waals surface area contributed by atoms with Crippen LogP contribution in [0.1, 0.15) is 17.5 Å². The van der Waals surface area contributed by atoms with Crippen molar-refractivity contribution in [2.45, 2.75) is 19.4 Å². The molecule has 5 nitrogen and oxygen atoms in total. The lowest BCUT2D eigenvalue weighted by Gasteiger charge is -2.11. The van der Waals surface area contributed by atoms with Crippen LogP contribution in [0.15, 0.2) is 47.8 Å². The molecule has 0 radical (unpaired) electrons. The Bertz CT molecular complexity index is 670. The Morgan fingerprint density at radius 3 is 2.84 bits per heavy atom. The molecule has 1 aromatic carbocycles. The van der Waals surface area contributed by atoms with E-state index in [2.05, 4.69) is 6.58 Å². The van der Waals surface area contributed by atoms with Crippen LogP contribution in [0.2, 0.25) is 0 Å². The number of allylic oxidation sites excluding steroid dienone is 1. The van der Waals surface area contributed by atoms with E-state index < -0.39 is 6.23 Å². The SMILES string of the molecule is C=CCn1c(O)c2n(c1=O)C(c1ccccc1)OC2. The zero-order valence-electron chi connectivity index (χ0n) is 10.3. The van der Waals surface area contributed by atoms with E-state index in [1.165, 1.54) is 9.13 Å². The molecule has 0 amide bonds. The van der Waals surface area contributed by atoms with Crippen LogP contribution in [0.5, 0.6) is 5.88 Å². The van der Waals surface area contributed by atoms with Gasteiger partial charge in [0.15, 0.2) is 6.23 Å². The highest BCUT2D eigenvalue weighted by molar-refractivity contribution is 5.27. The number of aromatic nitrogens is 2. The Labute approximate surface area is 110 Å². The molecule has 0 fully saturated rings. The lowest BCUT2D eigenvalue weighted by atomic mass is 10.2. The zero-order chi connectivity index (χ0) is 13.4. The van der Waals surface area contributed by atoms with Crippen LogP contribution in [0.3, 0.4) is 0 Å². The molecule has 1 aliphatic heterocycles. The van der Waals surface area contributed by atoms with Gasteiger partial charge < -0.3 is 9.84 Å². The summed E-state index contributed by atoms with van der Waals surface area (Å²) in [7, 11) is 0. The Morgan fingerprint density at radius 1 is 1.42 bits per heavy atom. The van der Waals surface area contributed by atoms with E-state index >= 15 is 0 Å². The van der Waals surface area contributed by atoms with Gasteiger partial charge in [0, 0.05) is 12.1 Å². The van der Waals surface area contributed by atoms with E-state index in [1.807, 2.05) is 30.3 Å². The van der Waals surface area contributed by atoms with Crippen molar-refractivity contribution in [1.29, 1.82) is 0 Å². The Kier molecular flexibility index (Phi) is 2.76. The molecule has 1 N–H and O–H groups in total. The summed E-state index contributed by atoms with van der Waals surface area (Å²) in [5, 5.41) is 10.0. The van der Waals surface area contributed by atoms with E-state index in [0.29, 0.717) is 5.69 Å². The monoisotopic (exact) mass is 258 g/mol. The predicted molar refractivity (Wildman–Crippen MR) is 69.9 cm³/mol. The summed E-state index contributed by atoms with van der Waals surface area (Å²) >= 11 is 0. The van der Waals surface area contributed by atoms with E-state index in [9.17, 15) is 9.90 Å². The van der Waals surface area contributed by atoms with E-state index in [1.54, 1.807) is 6.08 Å². The Hall–Kier alpha value is -2.27. The van der Waals surface area contributed by atoms with Crippen molar-refractivity contribution < 1.29 is 9.84 Å². The normalized spacial score (nSPS) is 17.4. The number of imidazole rings is 1. The van der Waals surface area contributed by atoms with Crippen LogP contribution in [0, 0.1) is 0 Å². The van der Waals surface area contributed by atoms with Crippen molar-refractivity contribution in [3.8, 4) is 5.88 Å². The summed E-state index contributed by atoms with van der Waals surface area (Å²) < 4.78 is 8.39. The van der Waals surface area contributed by atoms with Crippen molar-refractivity contribution in [1.82, 2.24) is 9.13 Å². The summed E-state index contributed by atoms with van der Waals surface area (Å²) in [6.07, 6.45) is 1.11. The summed E-state index contributed by atoms with van der Waals surface area (Å²) in [4.78, 5) is 12.3. The maximum absolute atomic E-state index is 12.3. The number of nitrogens with zero attached hydrogens (tertiary/aromatic N) is 2. The van der Waals surface area contributed by atoms with E-state index in [0.717, 1.165) is 5.56 Å². The van der Waals surface area contributed by atoms with Gasteiger partial charge in [0.25, 0.3) is 0 Å². The van der Waals surface area contributed by atoms with Gasteiger partial charge in [-0.1, -0.05) is 36.4 Å². The van der Waals surface area contributed by atoms with Crippen LogP contribution in [-0.2, 0) is 17.9 Å². The second-order valence-corrected chi connectivity index (χ2v) is 4.40. The maximum atomic E-state index is 12.3. The Balaban J connectivity index is 2.13. The highest BCUT2D eigenvalue weighted by atomic mass is 16.5. The van der Waals surface area contributed by atoms with Crippen molar-refractivity contribution in [3.63, 3.8) is 0 Å². The molecule has 1 aromatic heterocycles. The third-order valence-electron chi connectivity index (χ3n) is 3.25. The first-order valence-electron chi connectivity index (χ1n) is 6.04. The number of hydrogen-bond donors (Lipinski definition) is 1. The third kappa shape index (κ3) is 1.70. The third-order valence-corrected chi connectivity index (χ3v) is 3.25. The van der Waals surface area contributed by atoms with Crippen molar-refractivity contribution in [2.75, 3.05) is 0 Å². The Morgan fingerprint density at radius 2 is 2.16 bits per heavy atom. The molecule has 0 spiro atoms. The molecular weight excluding hydrogens is 244 g/mol. The van der Waals surface area contributed by atoms with Crippen LogP contribution in [-0.4, -0.2) is 14.2 Å². The van der Waals surface area contributed by atoms with Gasteiger partial charge in [-0.25, -0.2) is 4.79 Å². The molecule has 0 saturated carbocycles. The summed E-state index contributed by atoms with van der Waals surface area (Å²) in [6, 6.07) is 9.48. The minimum Gasteiger partial charge on any atom is -0.493 e. The number of ether oxygens (including phenoxy) is 1. The molecular formula is C14H14N2O3. The molecule has 0 bridgehead atoms. The molecule has 5 heteroatoms. The molecule has 1 unspecified atom stereocenters. The summed E-state index contributed by atoms with van der Waals surface area (Å²) in [5.41, 5.74) is 1.12. The first-order valence-corrected chi connectivity index (χ1v) is 6.04. The number of rotatable bonds is 3. The van der Waals surface area contributed by atoms with Crippen molar-refractivity contribution in [2.24, 2.45) is 0 Å². The van der Waals surface area contributed by atoms with Gasteiger partial charge in [0.1, 0.15) is 5.69 Å². The lowest BCUT2D eigenvalue weighted by Crippen LogP contribution is -2.27. The van der Waals surface area contributed by atoms with Crippen LogP contribution in [0.4, 0.5) is 0 Å². The quantitative estimate of drug-likeness (QED) is 0.851. The minimum absolute atomic E-state index is 0.0386. The first kappa shape index (κ1) is 11.8. The summed E-state index contributed by atoms with van der Waals surface area (Å²) in [5.74, 6) is -0.0386. The molecule has 2 heterocycles. The average molecular weight is 258 g/mol. The van der Waals surface area contributed by atoms with E-state index in [4.69, 9.17) is 4.74 Å². The highest BCUT2D eigenvalue weighted by Crippen LogP contribution is 2.32. The second kappa shape index (κ2) is 4.44. The fourth-order valence-electron chi connectivity index (χ4n) is 2.36. The molecule has 0 saturated heterocycles. The van der Waals surface area contributed by atoms with Gasteiger partial charge in [-0.2, -0.15) is 0 Å². The molecule has 3 rings (SSSR count). The van der Waals surface area contributed by atoms with E-state index in [-0.39, 0.29) is 24.7 Å². The van der Waals surface area contributed by atoms with Crippen molar-refractivity contribution >= 4 is 0 Å². The predicted octanol–water partition coefficient (Wildman–Crippen LogP) is 1.62. The van der Waals surface area contributed by atoms with Gasteiger partial charge in [-0.3, -0.25) is 9.13 Å². The van der Waals surface area contributed by atoms with Crippen LogP contribution < -0.4 is 5.69 Å². The molecule has 2 aromatic rings. The summed E-state index contributed by atoms with van der Waals surface area (Å²) in [6.45, 7) is 4.10. The standard InChI is InChI=1S/C14H14N2O3/c1-2-8-15-12(17)11-9-19-13(16(11)14(15)18)10-6-4-3-5-7-10/h2-7,13,17H,1,8-9H2. The number of hydrogen-bond acceptors (Lipinski definition) is 3. The highest BCUT2D eigenvalue weighted by Gasteiger charge is 2.31. The van der Waals surface area contributed by atoms with Crippen LogP contribution in [0.25, 0.3) is 0 Å². The van der Waals surface area contributed by atoms with Crippen molar-refractivity contribution in [3.05, 3.63) is 64.7 Å². The van der Waals surface area contributed by atoms with Gasteiger partial charge >= 0.3 is 5.69 Å². The topological polar surface area (TPSA) is 56.4 Å². The molecule has 1 atom stereocenters. The second-order valence-electron chi connectivity index (χ2n) is 4.40. The zero-order valence-corrected chi connectivity index (χ0v) is 10.3. The minimum atomic E-state index is -0.472. The largest absolute Gasteiger partial charge is 0.493 e. The molecule has 0 aliphatic carbocycles. The molecule has 1 aliphatic rings. The molecule has 19 heavy (non-hydrogen) atoms. The number of benzene rings is 1.